The molecule has 2 heterocycles. The summed E-state index contributed by atoms with van der Waals surface area (Å²) in [6.07, 6.45) is 1.33. The van der Waals surface area contributed by atoms with Crippen molar-refractivity contribution in [3.63, 3.8) is 0 Å². The van der Waals surface area contributed by atoms with Crippen LogP contribution in [0.2, 0.25) is 0 Å². The molecule has 1 aromatic heterocycles. The van der Waals surface area contributed by atoms with Crippen LogP contribution in [0.3, 0.4) is 0 Å². The van der Waals surface area contributed by atoms with Gasteiger partial charge in [-0.25, -0.2) is 0 Å². The first kappa shape index (κ1) is 25.3. The van der Waals surface area contributed by atoms with Crippen molar-refractivity contribution < 1.29 is 9.59 Å². The van der Waals surface area contributed by atoms with Gasteiger partial charge in [-0.05, 0) is 66.3 Å². The van der Waals surface area contributed by atoms with Gasteiger partial charge in [0, 0.05) is 23.2 Å². The summed E-state index contributed by atoms with van der Waals surface area (Å²) in [4.78, 5) is 28.3. The van der Waals surface area contributed by atoms with E-state index in [0.717, 1.165) is 33.5 Å². The normalized spacial score (nSPS) is 15.6. The molecule has 0 saturated heterocycles. The minimum atomic E-state index is -0.660. The molecule has 0 aliphatic carbocycles. The van der Waals surface area contributed by atoms with Gasteiger partial charge in [0.15, 0.2) is 0 Å². The number of amides is 2. The van der Waals surface area contributed by atoms with Crippen molar-refractivity contribution in [2.75, 3.05) is 4.90 Å². The van der Waals surface area contributed by atoms with E-state index in [1.54, 1.807) is 18.7 Å². The number of carbonyl (C=O) groups excluding carboxylic acids is 2. The molecule has 5 rings (SSSR count). The van der Waals surface area contributed by atoms with Crippen molar-refractivity contribution in [1.82, 2.24) is 25.9 Å². The highest BCUT2D eigenvalue weighted by molar-refractivity contribution is 6.00. The summed E-state index contributed by atoms with van der Waals surface area (Å²) in [5.74, 6) is 0.0996. The number of benzene rings is 3. The van der Waals surface area contributed by atoms with Gasteiger partial charge in [-0.1, -0.05) is 60.7 Å². The number of aromatic amines is 1. The number of para-hydroxylation sites is 1. The Balaban J connectivity index is 1.49. The minimum absolute atomic E-state index is 0.138. The van der Waals surface area contributed by atoms with Crippen LogP contribution in [0.25, 0.3) is 22.5 Å². The second kappa shape index (κ2) is 10.5. The van der Waals surface area contributed by atoms with Gasteiger partial charge in [-0.3, -0.25) is 9.59 Å². The lowest BCUT2D eigenvalue weighted by molar-refractivity contribution is -0.128. The topological polar surface area (TPSA) is 130 Å². The standard InChI is InChI=1S/C29H31N7O2/c1-29(2,30)17-26(37)31-24-15-13-21-10-6-7-11-25(21)36(28(24)38)18-19-12-14-22(20-8-4-3-5-9-20)23(16-19)27-32-34-35-33-27/h3-12,14,16,24H,13,15,17-18,30H2,1-2H3,(H,31,37)(H,32,33,34,35)/t24-/m1/s1. The van der Waals surface area contributed by atoms with Crippen LogP contribution in [-0.2, 0) is 22.6 Å². The van der Waals surface area contributed by atoms with Crippen molar-refractivity contribution in [3.8, 4) is 22.5 Å². The quantitative estimate of drug-likeness (QED) is 0.349. The summed E-state index contributed by atoms with van der Waals surface area (Å²) in [7, 11) is 0. The highest BCUT2D eigenvalue weighted by Crippen LogP contribution is 2.33. The largest absolute Gasteiger partial charge is 0.344 e. The van der Waals surface area contributed by atoms with Crippen LogP contribution < -0.4 is 16.0 Å². The van der Waals surface area contributed by atoms with E-state index in [4.69, 9.17) is 5.73 Å². The molecule has 1 aliphatic rings. The SMILES string of the molecule is CC(C)(N)CC(=O)N[C@@H]1CCc2ccccc2N(Cc2ccc(-c3ccccc3)c(-c3nn[nH]n3)c2)C1=O. The highest BCUT2D eigenvalue weighted by Gasteiger charge is 2.32. The minimum Gasteiger partial charge on any atom is -0.344 e. The molecule has 0 unspecified atom stereocenters. The molecule has 3 aromatic carbocycles. The Hall–Kier alpha value is -4.37. The molecule has 4 N–H and O–H groups in total. The molecular weight excluding hydrogens is 478 g/mol. The van der Waals surface area contributed by atoms with Crippen LogP contribution in [0.5, 0.6) is 0 Å². The maximum absolute atomic E-state index is 13.9. The zero-order valence-corrected chi connectivity index (χ0v) is 21.5. The lowest BCUT2D eigenvalue weighted by Gasteiger charge is -2.27. The molecule has 0 spiro atoms. The Kier molecular flexibility index (Phi) is 7.02. The van der Waals surface area contributed by atoms with E-state index in [2.05, 4.69) is 25.9 Å². The number of rotatable bonds is 7. The first-order valence-corrected chi connectivity index (χ1v) is 12.7. The monoisotopic (exact) mass is 509 g/mol. The van der Waals surface area contributed by atoms with Gasteiger partial charge in [-0.2, -0.15) is 5.21 Å². The van der Waals surface area contributed by atoms with Crippen molar-refractivity contribution >= 4 is 17.5 Å². The lowest BCUT2D eigenvalue weighted by Crippen LogP contribution is -2.49. The third kappa shape index (κ3) is 5.63. The number of tetrazole rings is 1. The number of fused-ring (bicyclic) bond motifs is 1. The third-order valence-corrected chi connectivity index (χ3v) is 6.60. The fraction of sp³-hybridized carbons (Fsp3) is 0.276. The van der Waals surface area contributed by atoms with E-state index < -0.39 is 11.6 Å². The van der Waals surface area contributed by atoms with Crippen molar-refractivity contribution in [1.29, 1.82) is 0 Å². The third-order valence-electron chi connectivity index (χ3n) is 6.60. The summed E-state index contributed by atoms with van der Waals surface area (Å²) in [5, 5.41) is 17.6. The van der Waals surface area contributed by atoms with Gasteiger partial charge < -0.3 is 16.0 Å². The molecule has 194 valence electrons. The van der Waals surface area contributed by atoms with E-state index in [0.29, 0.717) is 25.2 Å². The van der Waals surface area contributed by atoms with E-state index in [9.17, 15) is 9.59 Å². The summed E-state index contributed by atoms with van der Waals surface area (Å²) in [5.41, 5.74) is 11.0. The average molecular weight is 510 g/mol. The molecule has 0 radical (unpaired) electrons. The molecule has 38 heavy (non-hydrogen) atoms. The van der Waals surface area contributed by atoms with Crippen LogP contribution in [0, 0.1) is 0 Å². The lowest BCUT2D eigenvalue weighted by atomic mass is 9.96. The zero-order chi connectivity index (χ0) is 26.7. The van der Waals surface area contributed by atoms with Crippen LogP contribution in [-0.4, -0.2) is 44.0 Å². The molecule has 9 heteroatoms. The van der Waals surface area contributed by atoms with E-state index in [1.165, 1.54) is 0 Å². The maximum Gasteiger partial charge on any atom is 0.249 e. The Morgan fingerprint density at radius 2 is 1.84 bits per heavy atom. The smallest absolute Gasteiger partial charge is 0.249 e. The fourth-order valence-corrected chi connectivity index (χ4v) is 4.87. The molecule has 0 fully saturated rings. The van der Waals surface area contributed by atoms with Crippen molar-refractivity contribution in [2.24, 2.45) is 5.73 Å². The van der Waals surface area contributed by atoms with E-state index in [-0.39, 0.29) is 18.2 Å². The van der Waals surface area contributed by atoms with Crippen molar-refractivity contribution in [2.45, 2.75) is 51.2 Å². The predicted molar refractivity (Wildman–Crippen MR) is 146 cm³/mol. The number of H-pyrrole nitrogens is 1. The molecule has 9 nitrogen and oxygen atoms in total. The van der Waals surface area contributed by atoms with E-state index >= 15 is 0 Å². The Labute approximate surface area is 221 Å². The average Bonchev–Trinajstić information content (AvgIpc) is 3.40. The molecule has 1 aliphatic heterocycles. The van der Waals surface area contributed by atoms with Crippen LogP contribution >= 0.6 is 0 Å². The number of hydrogen-bond acceptors (Lipinski definition) is 6. The summed E-state index contributed by atoms with van der Waals surface area (Å²) >= 11 is 0. The van der Waals surface area contributed by atoms with Gasteiger partial charge in [0.1, 0.15) is 6.04 Å². The number of aryl methyl sites for hydroxylation is 1. The summed E-state index contributed by atoms with van der Waals surface area (Å²) < 4.78 is 0. The van der Waals surface area contributed by atoms with Crippen LogP contribution in [0.15, 0.2) is 72.8 Å². The van der Waals surface area contributed by atoms with Gasteiger partial charge in [0.25, 0.3) is 0 Å². The van der Waals surface area contributed by atoms with E-state index in [1.807, 2.05) is 72.8 Å². The second-order valence-electron chi connectivity index (χ2n) is 10.4. The highest BCUT2D eigenvalue weighted by atomic mass is 16.2. The zero-order valence-electron chi connectivity index (χ0n) is 21.5. The summed E-state index contributed by atoms with van der Waals surface area (Å²) in [6.45, 7) is 3.92. The Morgan fingerprint density at radius 3 is 2.58 bits per heavy atom. The number of nitrogens with one attached hydrogen (secondary N) is 2. The van der Waals surface area contributed by atoms with Crippen molar-refractivity contribution in [3.05, 3.63) is 83.9 Å². The first-order valence-electron chi connectivity index (χ1n) is 12.7. The Morgan fingerprint density at radius 1 is 1.08 bits per heavy atom. The number of hydrogen-bond donors (Lipinski definition) is 3. The fourth-order valence-electron chi connectivity index (χ4n) is 4.87. The summed E-state index contributed by atoms with van der Waals surface area (Å²) in [6, 6.07) is 23.3. The maximum atomic E-state index is 13.9. The predicted octanol–water partition coefficient (Wildman–Crippen LogP) is 3.63. The van der Waals surface area contributed by atoms with Gasteiger partial charge in [0.2, 0.25) is 17.6 Å². The molecular formula is C29H31N7O2. The number of aromatic nitrogens is 4. The van der Waals surface area contributed by atoms with Crippen LogP contribution in [0.4, 0.5) is 5.69 Å². The molecule has 1 atom stereocenters. The second-order valence-corrected chi connectivity index (χ2v) is 10.4. The number of nitrogens with zero attached hydrogens (tertiary/aromatic N) is 4. The number of nitrogens with two attached hydrogens (primary N) is 1. The Bertz CT molecular complexity index is 1430. The molecule has 2 amide bonds. The first-order chi connectivity index (χ1) is 18.3. The van der Waals surface area contributed by atoms with Gasteiger partial charge in [-0.15, -0.1) is 10.2 Å². The van der Waals surface area contributed by atoms with Gasteiger partial charge >= 0.3 is 0 Å². The van der Waals surface area contributed by atoms with Crippen LogP contribution in [0.1, 0.15) is 37.8 Å². The van der Waals surface area contributed by atoms with Gasteiger partial charge in [0.05, 0.1) is 6.54 Å². The molecule has 4 aromatic rings. The number of anilines is 1. The number of carbonyl (C=O) groups is 2. The molecule has 0 bridgehead atoms. The molecule has 0 saturated carbocycles.